The monoisotopic (exact) mass is 482 g/mol. The summed E-state index contributed by atoms with van der Waals surface area (Å²) in [5.74, 6) is 0. The smallest absolute Gasteiger partial charge is 0.0843 e. The quantitative estimate of drug-likeness (QED) is 0.239. The summed E-state index contributed by atoms with van der Waals surface area (Å²) < 4.78 is 2.34. The van der Waals surface area contributed by atoms with E-state index in [9.17, 15) is 5.11 Å². The van der Waals surface area contributed by atoms with Crippen LogP contribution in [-0.4, -0.2) is 22.3 Å². The highest BCUT2D eigenvalue weighted by molar-refractivity contribution is 6.15. The van der Waals surface area contributed by atoms with Crippen LogP contribution in [0.1, 0.15) is 5.56 Å². The van der Waals surface area contributed by atoms with Gasteiger partial charge >= 0.3 is 0 Å². The van der Waals surface area contributed by atoms with Crippen LogP contribution in [0.2, 0.25) is 0 Å². The standard InChI is InChI=1S/C34H30N2O/c37-29(23-35-22-25-12-4-1-5-13-25)24-36-33(28-17-8-3-9-18-28)32(27-15-6-2-7-16-27)31-21-20-26-14-10-11-19-30(26)34(31)36/h1-21,29,35,37H,22-24H2. The Morgan fingerprint density at radius 3 is 1.97 bits per heavy atom. The lowest BCUT2D eigenvalue weighted by Crippen LogP contribution is -2.30. The van der Waals surface area contributed by atoms with Crippen LogP contribution in [0.25, 0.3) is 44.1 Å². The molecule has 3 heteroatoms. The molecule has 6 rings (SSSR count). The fourth-order valence-corrected chi connectivity index (χ4v) is 5.35. The highest BCUT2D eigenvalue weighted by atomic mass is 16.3. The van der Waals surface area contributed by atoms with Crippen molar-refractivity contribution in [1.29, 1.82) is 0 Å². The minimum Gasteiger partial charge on any atom is -0.390 e. The molecule has 0 aliphatic rings. The lowest BCUT2D eigenvalue weighted by atomic mass is 9.97. The summed E-state index contributed by atoms with van der Waals surface area (Å²) in [4.78, 5) is 0. The number of nitrogens with one attached hydrogen (secondary N) is 1. The molecular formula is C34H30N2O. The Bertz CT molecular complexity index is 1620. The van der Waals surface area contributed by atoms with Gasteiger partial charge in [-0.3, -0.25) is 0 Å². The van der Waals surface area contributed by atoms with Crippen LogP contribution in [0.3, 0.4) is 0 Å². The third kappa shape index (κ3) is 4.67. The first-order valence-corrected chi connectivity index (χ1v) is 12.9. The Kier molecular flexibility index (Phi) is 6.55. The molecule has 0 saturated heterocycles. The minimum absolute atomic E-state index is 0.489. The van der Waals surface area contributed by atoms with E-state index in [4.69, 9.17) is 0 Å². The van der Waals surface area contributed by atoms with Crippen LogP contribution in [0.4, 0.5) is 0 Å². The van der Waals surface area contributed by atoms with Crippen LogP contribution in [0, 0.1) is 0 Å². The predicted octanol–water partition coefficient (Wildman–Crippen LogP) is 7.28. The summed E-state index contributed by atoms with van der Waals surface area (Å²) in [5.41, 5.74) is 7.04. The maximum Gasteiger partial charge on any atom is 0.0843 e. The van der Waals surface area contributed by atoms with Crippen molar-refractivity contribution in [3.8, 4) is 22.4 Å². The molecule has 1 heterocycles. The normalized spacial score (nSPS) is 12.2. The van der Waals surface area contributed by atoms with Gasteiger partial charge in [-0.15, -0.1) is 0 Å². The molecule has 0 bridgehead atoms. The molecule has 1 atom stereocenters. The third-order valence-electron chi connectivity index (χ3n) is 7.00. The van der Waals surface area contributed by atoms with Gasteiger partial charge in [0.2, 0.25) is 0 Å². The van der Waals surface area contributed by atoms with Crippen molar-refractivity contribution >= 4 is 21.7 Å². The largest absolute Gasteiger partial charge is 0.390 e. The predicted molar refractivity (Wildman–Crippen MR) is 154 cm³/mol. The van der Waals surface area contributed by atoms with E-state index in [1.165, 1.54) is 32.8 Å². The van der Waals surface area contributed by atoms with Crippen LogP contribution >= 0.6 is 0 Å². The molecule has 0 aliphatic carbocycles. The van der Waals surface area contributed by atoms with Crippen molar-refractivity contribution in [2.45, 2.75) is 19.2 Å². The van der Waals surface area contributed by atoms with E-state index in [2.05, 4.69) is 119 Å². The number of hydrogen-bond donors (Lipinski definition) is 2. The highest BCUT2D eigenvalue weighted by Gasteiger charge is 2.23. The number of rotatable bonds is 8. The first-order valence-electron chi connectivity index (χ1n) is 12.9. The summed E-state index contributed by atoms with van der Waals surface area (Å²) in [5, 5.41) is 18.3. The maximum absolute atomic E-state index is 11.3. The molecule has 3 nitrogen and oxygen atoms in total. The molecule has 1 aromatic heterocycles. The van der Waals surface area contributed by atoms with Crippen molar-refractivity contribution < 1.29 is 5.11 Å². The number of benzene rings is 5. The molecule has 5 aromatic carbocycles. The zero-order chi connectivity index (χ0) is 25.0. The van der Waals surface area contributed by atoms with E-state index in [-0.39, 0.29) is 0 Å². The van der Waals surface area contributed by atoms with Gasteiger partial charge in [-0.05, 0) is 22.1 Å². The summed E-state index contributed by atoms with van der Waals surface area (Å²) in [6.07, 6.45) is -0.552. The summed E-state index contributed by atoms with van der Waals surface area (Å²) in [7, 11) is 0. The van der Waals surface area contributed by atoms with Crippen LogP contribution in [-0.2, 0) is 13.1 Å². The third-order valence-corrected chi connectivity index (χ3v) is 7.00. The molecule has 182 valence electrons. The van der Waals surface area contributed by atoms with Crippen LogP contribution < -0.4 is 5.32 Å². The molecular weight excluding hydrogens is 452 g/mol. The topological polar surface area (TPSA) is 37.2 Å². The van der Waals surface area contributed by atoms with Gasteiger partial charge in [0.25, 0.3) is 0 Å². The van der Waals surface area contributed by atoms with Crippen LogP contribution in [0.15, 0.2) is 127 Å². The molecule has 6 aromatic rings. The Labute approximate surface area is 217 Å². The fraction of sp³-hybridized carbons (Fsp3) is 0.118. The van der Waals surface area contributed by atoms with Gasteiger partial charge in [-0.1, -0.05) is 127 Å². The van der Waals surface area contributed by atoms with E-state index in [1.807, 2.05) is 18.2 Å². The van der Waals surface area contributed by atoms with Gasteiger partial charge in [0.15, 0.2) is 0 Å². The van der Waals surface area contributed by atoms with Gasteiger partial charge < -0.3 is 15.0 Å². The molecule has 0 amide bonds. The second-order valence-electron chi connectivity index (χ2n) is 9.52. The van der Waals surface area contributed by atoms with Gasteiger partial charge in [0.05, 0.1) is 23.9 Å². The van der Waals surface area contributed by atoms with E-state index in [0.29, 0.717) is 13.1 Å². The Morgan fingerprint density at radius 1 is 0.622 bits per heavy atom. The average Bonchev–Trinajstić information content (AvgIpc) is 3.29. The van der Waals surface area contributed by atoms with Gasteiger partial charge in [-0.25, -0.2) is 0 Å². The molecule has 1 unspecified atom stereocenters. The lowest BCUT2D eigenvalue weighted by molar-refractivity contribution is 0.153. The van der Waals surface area contributed by atoms with Gasteiger partial charge in [0.1, 0.15) is 0 Å². The number of aliphatic hydroxyl groups excluding tert-OH is 1. The number of hydrogen-bond acceptors (Lipinski definition) is 2. The second-order valence-corrected chi connectivity index (χ2v) is 9.52. The Balaban J connectivity index is 1.50. The Morgan fingerprint density at radius 2 is 1.24 bits per heavy atom. The van der Waals surface area contributed by atoms with E-state index >= 15 is 0 Å². The highest BCUT2D eigenvalue weighted by Crippen LogP contribution is 2.43. The van der Waals surface area contributed by atoms with Gasteiger partial charge in [-0.2, -0.15) is 0 Å². The number of aliphatic hydroxyl groups is 1. The van der Waals surface area contributed by atoms with E-state index in [1.54, 1.807) is 0 Å². The number of fused-ring (bicyclic) bond motifs is 3. The Hall–Kier alpha value is -4.18. The number of nitrogens with zero attached hydrogens (tertiary/aromatic N) is 1. The summed E-state index contributed by atoms with van der Waals surface area (Å²) in [6.45, 7) is 1.73. The van der Waals surface area contributed by atoms with Crippen LogP contribution in [0.5, 0.6) is 0 Å². The van der Waals surface area contributed by atoms with Crippen molar-refractivity contribution in [3.05, 3.63) is 133 Å². The van der Waals surface area contributed by atoms with Gasteiger partial charge in [0, 0.05) is 29.4 Å². The average molecular weight is 483 g/mol. The van der Waals surface area contributed by atoms with E-state index < -0.39 is 6.10 Å². The summed E-state index contributed by atoms with van der Waals surface area (Å²) >= 11 is 0. The number of aromatic nitrogens is 1. The zero-order valence-corrected chi connectivity index (χ0v) is 20.7. The lowest BCUT2D eigenvalue weighted by Gasteiger charge is -2.18. The van der Waals surface area contributed by atoms with Crippen molar-refractivity contribution in [3.63, 3.8) is 0 Å². The summed E-state index contributed by atoms with van der Waals surface area (Å²) in [6, 6.07) is 44.5. The van der Waals surface area contributed by atoms with Crippen molar-refractivity contribution in [2.24, 2.45) is 0 Å². The molecule has 0 fully saturated rings. The SMILES string of the molecule is OC(CNCc1ccccc1)Cn1c(-c2ccccc2)c(-c2ccccc2)c2ccc3ccccc3c21. The second kappa shape index (κ2) is 10.4. The van der Waals surface area contributed by atoms with Crippen molar-refractivity contribution in [2.75, 3.05) is 6.54 Å². The molecule has 0 radical (unpaired) electrons. The maximum atomic E-state index is 11.3. The van der Waals surface area contributed by atoms with Crippen molar-refractivity contribution in [1.82, 2.24) is 9.88 Å². The molecule has 0 spiro atoms. The molecule has 37 heavy (non-hydrogen) atoms. The molecule has 0 saturated carbocycles. The zero-order valence-electron chi connectivity index (χ0n) is 20.7. The first-order chi connectivity index (χ1) is 18.3. The minimum atomic E-state index is -0.552. The first kappa shape index (κ1) is 23.2. The molecule has 2 N–H and O–H groups in total. The molecule has 0 aliphatic heterocycles. The van der Waals surface area contributed by atoms with E-state index in [0.717, 1.165) is 23.3 Å². The fourth-order valence-electron chi connectivity index (χ4n) is 5.35.